The Balaban J connectivity index is 2.94. The Morgan fingerprint density at radius 3 is 2.46 bits per heavy atom. The first-order valence-corrected chi connectivity index (χ1v) is 4.99. The van der Waals surface area contributed by atoms with Crippen LogP contribution in [0.2, 0.25) is 5.02 Å². The van der Waals surface area contributed by atoms with Crippen LogP contribution in [0.4, 0.5) is 0 Å². The van der Waals surface area contributed by atoms with Crippen molar-refractivity contribution in [1.82, 2.24) is 0 Å². The Labute approximate surface area is 84.9 Å². The van der Waals surface area contributed by atoms with Gasteiger partial charge in [0.25, 0.3) is 0 Å². The van der Waals surface area contributed by atoms with E-state index in [1.165, 1.54) is 5.56 Å². The second-order valence-corrected chi connectivity index (χ2v) is 4.07. The van der Waals surface area contributed by atoms with Gasteiger partial charge in [-0.25, -0.2) is 0 Å². The quantitative estimate of drug-likeness (QED) is 0.792. The zero-order valence-electron chi connectivity index (χ0n) is 8.18. The van der Waals surface area contributed by atoms with E-state index in [-0.39, 0.29) is 0 Å². The SMILES string of the molecule is CC(C)Cc1cccc(CN)c1Cl. The average molecular weight is 198 g/mol. The van der Waals surface area contributed by atoms with E-state index in [0.717, 1.165) is 17.0 Å². The topological polar surface area (TPSA) is 26.0 Å². The summed E-state index contributed by atoms with van der Waals surface area (Å²) in [6, 6.07) is 6.07. The smallest absolute Gasteiger partial charge is 0.0482 e. The number of hydrogen-bond acceptors (Lipinski definition) is 1. The molecule has 13 heavy (non-hydrogen) atoms. The Kier molecular flexibility index (Phi) is 3.76. The highest BCUT2D eigenvalue weighted by Gasteiger charge is 2.05. The second-order valence-electron chi connectivity index (χ2n) is 3.69. The van der Waals surface area contributed by atoms with Crippen LogP contribution in [0.1, 0.15) is 25.0 Å². The fourth-order valence-electron chi connectivity index (χ4n) is 1.39. The van der Waals surface area contributed by atoms with Crippen LogP contribution in [0.5, 0.6) is 0 Å². The summed E-state index contributed by atoms with van der Waals surface area (Å²) in [6.07, 6.45) is 1.02. The van der Waals surface area contributed by atoms with Gasteiger partial charge in [-0.1, -0.05) is 43.6 Å². The normalized spacial score (nSPS) is 10.8. The molecule has 72 valence electrons. The summed E-state index contributed by atoms with van der Waals surface area (Å²) in [4.78, 5) is 0. The monoisotopic (exact) mass is 197 g/mol. The molecule has 0 aliphatic rings. The molecule has 0 spiro atoms. The van der Waals surface area contributed by atoms with E-state index in [9.17, 15) is 0 Å². The zero-order chi connectivity index (χ0) is 9.84. The Hall–Kier alpha value is -0.530. The number of hydrogen-bond donors (Lipinski definition) is 1. The number of nitrogens with two attached hydrogens (primary N) is 1. The van der Waals surface area contributed by atoms with Crippen LogP contribution in [0.3, 0.4) is 0 Å². The molecular weight excluding hydrogens is 182 g/mol. The maximum absolute atomic E-state index is 6.17. The van der Waals surface area contributed by atoms with E-state index in [2.05, 4.69) is 19.9 Å². The Bertz CT molecular complexity index is 281. The van der Waals surface area contributed by atoms with Gasteiger partial charge in [0.1, 0.15) is 0 Å². The minimum absolute atomic E-state index is 0.519. The third-order valence-electron chi connectivity index (χ3n) is 2.01. The van der Waals surface area contributed by atoms with Crippen molar-refractivity contribution in [2.75, 3.05) is 0 Å². The van der Waals surface area contributed by atoms with Crippen molar-refractivity contribution in [1.29, 1.82) is 0 Å². The van der Waals surface area contributed by atoms with Gasteiger partial charge in [-0.2, -0.15) is 0 Å². The molecule has 0 heterocycles. The van der Waals surface area contributed by atoms with Crippen LogP contribution >= 0.6 is 11.6 Å². The van der Waals surface area contributed by atoms with E-state index in [0.29, 0.717) is 12.5 Å². The van der Waals surface area contributed by atoms with E-state index < -0.39 is 0 Å². The highest BCUT2D eigenvalue weighted by atomic mass is 35.5. The van der Waals surface area contributed by atoms with Gasteiger partial charge in [-0.05, 0) is 23.5 Å². The van der Waals surface area contributed by atoms with E-state index in [1.54, 1.807) is 0 Å². The molecule has 1 aromatic carbocycles. The summed E-state index contributed by atoms with van der Waals surface area (Å²) >= 11 is 6.17. The molecule has 1 aromatic rings. The van der Waals surface area contributed by atoms with Crippen LogP contribution in [-0.2, 0) is 13.0 Å². The molecule has 2 N–H and O–H groups in total. The van der Waals surface area contributed by atoms with Crippen LogP contribution < -0.4 is 5.73 Å². The molecule has 1 nitrogen and oxygen atoms in total. The van der Waals surface area contributed by atoms with Crippen LogP contribution in [-0.4, -0.2) is 0 Å². The molecular formula is C11H16ClN. The lowest BCUT2D eigenvalue weighted by Crippen LogP contribution is -2.01. The first-order valence-electron chi connectivity index (χ1n) is 4.61. The van der Waals surface area contributed by atoms with Crippen molar-refractivity contribution in [3.8, 4) is 0 Å². The molecule has 2 heteroatoms. The Morgan fingerprint density at radius 1 is 1.31 bits per heavy atom. The highest BCUT2D eigenvalue weighted by molar-refractivity contribution is 6.32. The van der Waals surface area contributed by atoms with Crippen molar-refractivity contribution in [3.05, 3.63) is 34.3 Å². The van der Waals surface area contributed by atoms with Gasteiger partial charge < -0.3 is 5.73 Å². The number of rotatable bonds is 3. The molecule has 0 saturated carbocycles. The summed E-state index contributed by atoms with van der Waals surface area (Å²) in [6.45, 7) is 4.89. The maximum Gasteiger partial charge on any atom is 0.0482 e. The third-order valence-corrected chi connectivity index (χ3v) is 2.49. The lowest BCUT2D eigenvalue weighted by atomic mass is 10.0. The van der Waals surface area contributed by atoms with Gasteiger partial charge in [0.15, 0.2) is 0 Å². The van der Waals surface area contributed by atoms with Crippen LogP contribution in [0, 0.1) is 5.92 Å². The molecule has 0 radical (unpaired) electrons. The second kappa shape index (κ2) is 4.64. The average Bonchev–Trinajstić information content (AvgIpc) is 2.08. The fraction of sp³-hybridized carbons (Fsp3) is 0.455. The van der Waals surface area contributed by atoms with Crippen LogP contribution in [0.15, 0.2) is 18.2 Å². The van der Waals surface area contributed by atoms with Crippen molar-refractivity contribution < 1.29 is 0 Å². The highest BCUT2D eigenvalue weighted by Crippen LogP contribution is 2.23. The molecule has 1 rings (SSSR count). The summed E-state index contributed by atoms with van der Waals surface area (Å²) in [5.74, 6) is 0.630. The molecule has 0 saturated heterocycles. The summed E-state index contributed by atoms with van der Waals surface area (Å²) in [7, 11) is 0. The molecule has 0 bridgehead atoms. The van der Waals surface area contributed by atoms with Gasteiger partial charge in [0.05, 0.1) is 0 Å². The maximum atomic E-state index is 6.17. The van der Waals surface area contributed by atoms with Crippen LogP contribution in [0.25, 0.3) is 0 Å². The van der Waals surface area contributed by atoms with Gasteiger partial charge in [0, 0.05) is 11.6 Å². The molecule has 0 aliphatic carbocycles. The lowest BCUT2D eigenvalue weighted by Gasteiger charge is -2.09. The van der Waals surface area contributed by atoms with Crippen molar-refractivity contribution in [3.63, 3.8) is 0 Å². The van der Waals surface area contributed by atoms with E-state index >= 15 is 0 Å². The molecule has 0 fully saturated rings. The van der Waals surface area contributed by atoms with Gasteiger partial charge in [0.2, 0.25) is 0 Å². The molecule has 0 amide bonds. The van der Waals surface area contributed by atoms with E-state index in [4.69, 9.17) is 17.3 Å². The summed E-state index contributed by atoms with van der Waals surface area (Å²) in [5.41, 5.74) is 7.82. The largest absolute Gasteiger partial charge is 0.326 e. The molecule has 0 aliphatic heterocycles. The molecule has 0 aromatic heterocycles. The molecule has 0 unspecified atom stereocenters. The van der Waals surface area contributed by atoms with Gasteiger partial charge in [-0.3, -0.25) is 0 Å². The summed E-state index contributed by atoms with van der Waals surface area (Å²) in [5, 5.41) is 0.846. The van der Waals surface area contributed by atoms with Crippen molar-refractivity contribution in [2.24, 2.45) is 11.7 Å². The first-order chi connectivity index (χ1) is 6.15. The Morgan fingerprint density at radius 2 is 1.92 bits per heavy atom. The van der Waals surface area contributed by atoms with Gasteiger partial charge >= 0.3 is 0 Å². The number of benzene rings is 1. The lowest BCUT2D eigenvalue weighted by molar-refractivity contribution is 0.647. The minimum atomic E-state index is 0.519. The first kappa shape index (κ1) is 10.6. The van der Waals surface area contributed by atoms with E-state index in [1.807, 2.05) is 12.1 Å². The summed E-state index contributed by atoms with van der Waals surface area (Å²) < 4.78 is 0. The standard InChI is InChI=1S/C11H16ClN/c1-8(2)6-9-4-3-5-10(7-13)11(9)12/h3-5,8H,6-7,13H2,1-2H3. The number of halogens is 1. The van der Waals surface area contributed by atoms with Crippen molar-refractivity contribution >= 4 is 11.6 Å². The third kappa shape index (κ3) is 2.71. The zero-order valence-corrected chi connectivity index (χ0v) is 8.93. The predicted molar refractivity (Wildman–Crippen MR) is 57.9 cm³/mol. The minimum Gasteiger partial charge on any atom is -0.326 e. The van der Waals surface area contributed by atoms with Gasteiger partial charge in [-0.15, -0.1) is 0 Å². The van der Waals surface area contributed by atoms with Crippen molar-refractivity contribution in [2.45, 2.75) is 26.8 Å². The predicted octanol–water partition coefficient (Wildman–Crippen LogP) is 3.00. The molecule has 0 atom stereocenters. The fourth-order valence-corrected chi connectivity index (χ4v) is 1.67.